The van der Waals surface area contributed by atoms with Crippen LogP contribution in [0, 0.1) is 6.92 Å². The molecule has 1 nitrogen and oxygen atoms in total. The number of hydrogen-bond donors (Lipinski definition) is 0. The Balaban J connectivity index is 2.51. The molecule has 0 amide bonds. The van der Waals surface area contributed by atoms with Gasteiger partial charge in [0.1, 0.15) is 10.2 Å². The second kappa shape index (κ2) is 4.56. The van der Waals surface area contributed by atoms with E-state index in [9.17, 15) is 0 Å². The lowest BCUT2D eigenvalue weighted by Gasteiger charge is -2.09. The zero-order valence-corrected chi connectivity index (χ0v) is 11.2. The number of hydrogen-bond acceptors (Lipinski definition) is 2. The maximum atomic E-state index is 5.86. The minimum atomic E-state index is 0.537. The first-order chi connectivity index (χ1) is 7.58. The quantitative estimate of drug-likeness (QED) is 0.740. The number of halogens is 1. The minimum Gasteiger partial charge on any atom is -0.224 e. The summed E-state index contributed by atoms with van der Waals surface area (Å²) in [7, 11) is 0. The Labute approximate surface area is 105 Å². The van der Waals surface area contributed by atoms with Gasteiger partial charge in [0.15, 0.2) is 0 Å². The Kier molecular flexibility index (Phi) is 3.31. The fourth-order valence-corrected chi connectivity index (χ4v) is 2.63. The third-order valence-electron chi connectivity index (χ3n) is 2.63. The molecule has 0 aliphatic heterocycles. The molecule has 0 bridgehead atoms. The van der Waals surface area contributed by atoms with Crippen molar-refractivity contribution >= 4 is 22.9 Å². The third kappa shape index (κ3) is 2.28. The molecule has 3 heteroatoms. The molecule has 0 unspecified atom stereocenters. The highest BCUT2D eigenvalue weighted by atomic mass is 35.5. The Hall–Kier alpha value is -0.860. The standard InChI is InChI=1S/C13H14ClNS/c1-8(2)10-5-4-9(3)11(6-10)13-15-12(14)7-16-13/h4-8H,1-3H3. The highest BCUT2D eigenvalue weighted by Gasteiger charge is 2.09. The van der Waals surface area contributed by atoms with Gasteiger partial charge in [-0.15, -0.1) is 11.3 Å². The van der Waals surface area contributed by atoms with Crippen LogP contribution in [0.25, 0.3) is 10.6 Å². The van der Waals surface area contributed by atoms with Crippen molar-refractivity contribution in [1.82, 2.24) is 4.98 Å². The predicted molar refractivity (Wildman–Crippen MR) is 71.4 cm³/mol. The van der Waals surface area contributed by atoms with Gasteiger partial charge in [-0.25, -0.2) is 4.98 Å². The first kappa shape index (κ1) is 11.6. The second-order valence-corrected chi connectivity index (χ2v) is 5.45. The minimum absolute atomic E-state index is 0.537. The van der Waals surface area contributed by atoms with Crippen molar-refractivity contribution in [1.29, 1.82) is 0 Å². The van der Waals surface area contributed by atoms with E-state index in [1.54, 1.807) is 11.3 Å². The van der Waals surface area contributed by atoms with Gasteiger partial charge in [-0.2, -0.15) is 0 Å². The van der Waals surface area contributed by atoms with Crippen molar-refractivity contribution in [3.8, 4) is 10.6 Å². The van der Waals surface area contributed by atoms with Gasteiger partial charge in [-0.05, 0) is 30.0 Å². The van der Waals surface area contributed by atoms with Gasteiger partial charge >= 0.3 is 0 Å². The Morgan fingerprint density at radius 2 is 2.06 bits per heavy atom. The molecule has 0 aliphatic carbocycles. The van der Waals surface area contributed by atoms with Gasteiger partial charge in [0.25, 0.3) is 0 Å². The number of benzene rings is 1. The SMILES string of the molecule is Cc1ccc(C(C)C)cc1-c1nc(Cl)cs1. The normalized spacial score (nSPS) is 11.1. The van der Waals surface area contributed by atoms with Crippen molar-refractivity contribution in [3.63, 3.8) is 0 Å². The summed E-state index contributed by atoms with van der Waals surface area (Å²) in [6, 6.07) is 6.55. The zero-order chi connectivity index (χ0) is 11.7. The van der Waals surface area contributed by atoms with Crippen molar-refractivity contribution in [2.75, 3.05) is 0 Å². The van der Waals surface area contributed by atoms with Crippen LogP contribution in [0.4, 0.5) is 0 Å². The summed E-state index contributed by atoms with van der Waals surface area (Å²) in [6.07, 6.45) is 0. The summed E-state index contributed by atoms with van der Waals surface area (Å²) in [5, 5.41) is 3.46. The number of aryl methyl sites for hydroxylation is 1. The van der Waals surface area contributed by atoms with Crippen LogP contribution in [0.1, 0.15) is 30.9 Å². The van der Waals surface area contributed by atoms with Crippen molar-refractivity contribution in [3.05, 3.63) is 39.9 Å². The van der Waals surface area contributed by atoms with Crippen molar-refractivity contribution in [2.45, 2.75) is 26.7 Å². The molecule has 1 aromatic heterocycles. The van der Waals surface area contributed by atoms with Gasteiger partial charge in [0, 0.05) is 10.9 Å². The van der Waals surface area contributed by atoms with Crippen LogP contribution < -0.4 is 0 Å². The lowest BCUT2D eigenvalue weighted by atomic mass is 9.98. The molecule has 16 heavy (non-hydrogen) atoms. The molecule has 0 radical (unpaired) electrons. The monoisotopic (exact) mass is 251 g/mol. The van der Waals surface area contributed by atoms with E-state index in [-0.39, 0.29) is 0 Å². The van der Waals surface area contributed by atoms with Gasteiger partial charge < -0.3 is 0 Å². The highest BCUT2D eigenvalue weighted by molar-refractivity contribution is 7.13. The second-order valence-electron chi connectivity index (χ2n) is 4.20. The molecule has 84 valence electrons. The topological polar surface area (TPSA) is 12.9 Å². The lowest BCUT2D eigenvalue weighted by Crippen LogP contribution is -1.90. The summed E-state index contributed by atoms with van der Waals surface area (Å²) in [4.78, 5) is 4.33. The van der Waals surface area contributed by atoms with E-state index < -0.39 is 0 Å². The zero-order valence-electron chi connectivity index (χ0n) is 9.62. The molecule has 0 spiro atoms. The molecule has 0 atom stereocenters. The average molecular weight is 252 g/mol. The van der Waals surface area contributed by atoms with E-state index in [0.29, 0.717) is 11.1 Å². The van der Waals surface area contributed by atoms with E-state index in [1.165, 1.54) is 16.7 Å². The molecule has 1 heterocycles. The van der Waals surface area contributed by atoms with Crippen LogP contribution in [0.2, 0.25) is 5.15 Å². The Morgan fingerprint density at radius 1 is 1.31 bits per heavy atom. The van der Waals surface area contributed by atoms with Crippen LogP contribution in [0.5, 0.6) is 0 Å². The Bertz CT molecular complexity index is 502. The maximum Gasteiger partial charge on any atom is 0.140 e. The predicted octanol–water partition coefficient (Wildman–Crippen LogP) is 4.90. The van der Waals surface area contributed by atoms with Crippen LogP contribution in [0.3, 0.4) is 0 Å². The van der Waals surface area contributed by atoms with Crippen molar-refractivity contribution < 1.29 is 0 Å². The largest absolute Gasteiger partial charge is 0.224 e. The summed E-state index contributed by atoms with van der Waals surface area (Å²) in [5.74, 6) is 0.537. The van der Waals surface area contributed by atoms with E-state index in [0.717, 1.165) is 5.01 Å². The molecular formula is C13H14ClNS. The van der Waals surface area contributed by atoms with Crippen LogP contribution in [-0.4, -0.2) is 4.98 Å². The molecule has 0 fully saturated rings. The van der Waals surface area contributed by atoms with E-state index in [2.05, 4.69) is 44.0 Å². The van der Waals surface area contributed by atoms with Crippen LogP contribution in [-0.2, 0) is 0 Å². The highest BCUT2D eigenvalue weighted by Crippen LogP contribution is 2.30. The summed E-state index contributed by atoms with van der Waals surface area (Å²) < 4.78 is 0. The first-order valence-electron chi connectivity index (χ1n) is 5.30. The first-order valence-corrected chi connectivity index (χ1v) is 6.55. The molecule has 0 saturated heterocycles. The lowest BCUT2D eigenvalue weighted by molar-refractivity contribution is 0.866. The number of aromatic nitrogens is 1. The van der Waals surface area contributed by atoms with E-state index in [4.69, 9.17) is 11.6 Å². The van der Waals surface area contributed by atoms with Crippen LogP contribution >= 0.6 is 22.9 Å². The van der Waals surface area contributed by atoms with Crippen molar-refractivity contribution in [2.24, 2.45) is 0 Å². The van der Waals surface area contributed by atoms with Gasteiger partial charge in [0.2, 0.25) is 0 Å². The fourth-order valence-electron chi connectivity index (χ4n) is 1.61. The maximum absolute atomic E-state index is 5.86. The smallest absolute Gasteiger partial charge is 0.140 e. The molecule has 0 N–H and O–H groups in total. The number of nitrogens with zero attached hydrogens (tertiary/aromatic N) is 1. The third-order valence-corrected chi connectivity index (χ3v) is 3.83. The molecular weight excluding hydrogens is 238 g/mol. The van der Waals surface area contributed by atoms with Gasteiger partial charge in [-0.3, -0.25) is 0 Å². The van der Waals surface area contributed by atoms with E-state index >= 15 is 0 Å². The summed E-state index contributed by atoms with van der Waals surface area (Å²) >= 11 is 7.46. The fraction of sp³-hybridized carbons (Fsp3) is 0.308. The molecule has 2 aromatic rings. The average Bonchev–Trinajstić information content (AvgIpc) is 2.65. The van der Waals surface area contributed by atoms with Gasteiger partial charge in [-0.1, -0.05) is 37.6 Å². The number of rotatable bonds is 2. The van der Waals surface area contributed by atoms with Gasteiger partial charge in [0.05, 0.1) is 0 Å². The van der Waals surface area contributed by atoms with Crippen LogP contribution in [0.15, 0.2) is 23.6 Å². The summed E-state index contributed by atoms with van der Waals surface area (Å²) in [6.45, 7) is 6.50. The summed E-state index contributed by atoms with van der Waals surface area (Å²) in [5.41, 5.74) is 3.78. The number of thiazole rings is 1. The molecule has 2 rings (SSSR count). The molecule has 0 aliphatic rings. The molecule has 1 aromatic carbocycles. The van der Waals surface area contributed by atoms with E-state index in [1.807, 2.05) is 5.38 Å². The molecule has 0 saturated carbocycles. The Morgan fingerprint density at radius 3 is 2.62 bits per heavy atom.